The first-order chi connectivity index (χ1) is 9.08. The molecular weight excluding hydrogens is 243 g/mol. The van der Waals surface area contributed by atoms with Gasteiger partial charge in [0.15, 0.2) is 0 Å². The quantitative estimate of drug-likeness (QED) is 0.902. The molecule has 1 heterocycles. The lowest BCUT2D eigenvalue weighted by Crippen LogP contribution is -2.48. The number of aryl methyl sites for hydroxylation is 1. The third kappa shape index (κ3) is 3.53. The Morgan fingerprint density at radius 3 is 2.79 bits per heavy atom. The summed E-state index contributed by atoms with van der Waals surface area (Å²) in [4.78, 5) is 14.2. The summed E-state index contributed by atoms with van der Waals surface area (Å²) in [6.07, 6.45) is 0.604. The predicted octanol–water partition coefficient (Wildman–Crippen LogP) is 1.74. The van der Waals surface area contributed by atoms with Crippen LogP contribution in [0.4, 0.5) is 4.39 Å². The molecule has 1 N–H and O–H groups in total. The second-order valence-electron chi connectivity index (χ2n) is 5.25. The first-order valence-electron chi connectivity index (χ1n) is 6.82. The van der Waals surface area contributed by atoms with E-state index in [1.54, 1.807) is 6.07 Å². The molecule has 0 aliphatic carbocycles. The molecule has 104 valence electrons. The number of hydrogen-bond donors (Lipinski definition) is 1. The molecule has 1 aliphatic rings. The van der Waals surface area contributed by atoms with Crippen LogP contribution in [-0.4, -0.2) is 37.0 Å². The van der Waals surface area contributed by atoms with Gasteiger partial charge < -0.3 is 10.2 Å². The monoisotopic (exact) mass is 264 g/mol. The van der Waals surface area contributed by atoms with E-state index in [2.05, 4.69) is 5.32 Å². The van der Waals surface area contributed by atoms with E-state index in [9.17, 15) is 9.18 Å². The normalized spacial score (nSPS) is 17.3. The van der Waals surface area contributed by atoms with Gasteiger partial charge in [0.05, 0.1) is 0 Å². The number of amides is 1. The Morgan fingerprint density at radius 2 is 2.11 bits per heavy atom. The smallest absolute Gasteiger partial charge is 0.225 e. The van der Waals surface area contributed by atoms with Crippen molar-refractivity contribution in [3.8, 4) is 0 Å². The molecule has 0 bridgehead atoms. The van der Waals surface area contributed by atoms with Crippen molar-refractivity contribution in [2.45, 2.75) is 20.3 Å². The first-order valence-corrected chi connectivity index (χ1v) is 6.82. The average molecular weight is 264 g/mol. The summed E-state index contributed by atoms with van der Waals surface area (Å²) in [5, 5.41) is 3.23. The van der Waals surface area contributed by atoms with Gasteiger partial charge in [-0.05, 0) is 36.6 Å². The molecule has 19 heavy (non-hydrogen) atoms. The molecule has 1 fully saturated rings. The SMILES string of the molecule is Cc1ccc(F)cc1CC(C)C(=O)N1CCNCC1. The number of carbonyl (C=O) groups is 1. The van der Waals surface area contributed by atoms with Gasteiger partial charge in [-0.25, -0.2) is 4.39 Å². The van der Waals surface area contributed by atoms with Gasteiger partial charge >= 0.3 is 0 Å². The summed E-state index contributed by atoms with van der Waals surface area (Å²) in [6.45, 7) is 7.14. The van der Waals surface area contributed by atoms with Gasteiger partial charge in [0.25, 0.3) is 0 Å². The Balaban J connectivity index is 2.01. The molecule has 4 heteroatoms. The van der Waals surface area contributed by atoms with Crippen molar-refractivity contribution in [3.05, 3.63) is 35.1 Å². The van der Waals surface area contributed by atoms with Crippen molar-refractivity contribution in [2.24, 2.45) is 5.92 Å². The van der Waals surface area contributed by atoms with Crippen molar-refractivity contribution in [1.29, 1.82) is 0 Å². The topological polar surface area (TPSA) is 32.3 Å². The van der Waals surface area contributed by atoms with Gasteiger partial charge in [0, 0.05) is 32.1 Å². The van der Waals surface area contributed by atoms with Crippen LogP contribution in [0.25, 0.3) is 0 Å². The maximum atomic E-state index is 13.2. The summed E-state index contributed by atoms with van der Waals surface area (Å²) in [5.41, 5.74) is 1.97. The molecule has 2 rings (SSSR count). The van der Waals surface area contributed by atoms with Crippen LogP contribution in [-0.2, 0) is 11.2 Å². The van der Waals surface area contributed by atoms with E-state index in [-0.39, 0.29) is 17.6 Å². The zero-order valence-corrected chi connectivity index (χ0v) is 11.6. The van der Waals surface area contributed by atoms with Crippen LogP contribution < -0.4 is 5.32 Å². The van der Waals surface area contributed by atoms with Crippen LogP contribution in [0.1, 0.15) is 18.1 Å². The number of hydrogen-bond acceptors (Lipinski definition) is 2. The second-order valence-corrected chi connectivity index (χ2v) is 5.25. The van der Waals surface area contributed by atoms with Crippen molar-refractivity contribution in [3.63, 3.8) is 0 Å². The molecule has 1 saturated heterocycles. The van der Waals surface area contributed by atoms with E-state index in [0.29, 0.717) is 6.42 Å². The van der Waals surface area contributed by atoms with E-state index >= 15 is 0 Å². The Bertz CT molecular complexity index is 455. The minimum atomic E-state index is -0.234. The summed E-state index contributed by atoms with van der Waals surface area (Å²) in [7, 11) is 0. The highest BCUT2D eigenvalue weighted by molar-refractivity contribution is 5.79. The van der Waals surface area contributed by atoms with Gasteiger partial charge in [-0.1, -0.05) is 13.0 Å². The zero-order chi connectivity index (χ0) is 13.8. The highest BCUT2D eigenvalue weighted by Crippen LogP contribution is 2.17. The average Bonchev–Trinajstić information content (AvgIpc) is 2.43. The van der Waals surface area contributed by atoms with Crippen molar-refractivity contribution in [1.82, 2.24) is 10.2 Å². The van der Waals surface area contributed by atoms with Crippen LogP contribution >= 0.6 is 0 Å². The number of rotatable bonds is 3. The number of piperazine rings is 1. The van der Waals surface area contributed by atoms with Crippen molar-refractivity contribution >= 4 is 5.91 Å². The standard InChI is InChI=1S/C15H21FN2O/c1-11-3-4-14(16)10-13(11)9-12(2)15(19)18-7-5-17-6-8-18/h3-4,10,12,17H,5-9H2,1-2H3. The van der Waals surface area contributed by atoms with Crippen LogP contribution in [0.3, 0.4) is 0 Å². The van der Waals surface area contributed by atoms with Gasteiger partial charge in [-0.15, -0.1) is 0 Å². The summed E-state index contributed by atoms with van der Waals surface area (Å²) in [5.74, 6) is -0.161. The number of benzene rings is 1. The highest BCUT2D eigenvalue weighted by Gasteiger charge is 2.22. The second kappa shape index (κ2) is 6.15. The fourth-order valence-electron chi connectivity index (χ4n) is 2.47. The largest absolute Gasteiger partial charge is 0.340 e. The molecule has 0 radical (unpaired) electrons. The zero-order valence-electron chi connectivity index (χ0n) is 11.6. The number of nitrogens with one attached hydrogen (secondary N) is 1. The molecule has 1 unspecified atom stereocenters. The van der Waals surface area contributed by atoms with Crippen LogP contribution in [0.5, 0.6) is 0 Å². The summed E-state index contributed by atoms with van der Waals surface area (Å²) in [6, 6.07) is 4.77. The highest BCUT2D eigenvalue weighted by atomic mass is 19.1. The maximum Gasteiger partial charge on any atom is 0.225 e. The molecule has 1 aliphatic heterocycles. The molecule has 0 spiro atoms. The fraction of sp³-hybridized carbons (Fsp3) is 0.533. The minimum Gasteiger partial charge on any atom is -0.340 e. The lowest BCUT2D eigenvalue weighted by atomic mass is 9.96. The van der Waals surface area contributed by atoms with Crippen LogP contribution in [0.15, 0.2) is 18.2 Å². The molecule has 1 amide bonds. The maximum absolute atomic E-state index is 13.2. The van der Waals surface area contributed by atoms with Gasteiger partial charge in [0.1, 0.15) is 5.82 Å². The number of halogens is 1. The minimum absolute atomic E-state index is 0.0985. The van der Waals surface area contributed by atoms with Crippen LogP contribution in [0, 0.1) is 18.7 Å². The summed E-state index contributed by atoms with van der Waals surface area (Å²) >= 11 is 0. The number of nitrogens with zero attached hydrogens (tertiary/aromatic N) is 1. The molecular formula is C15H21FN2O. The lowest BCUT2D eigenvalue weighted by molar-refractivity contribution is -0.135. The van der Waals surface area contributed by atoms with E-state index < -0.39 is 0 Å². The Morgan fingerprint density at radius 1 is 1.42 bits per heavy atom. The van der Waals surface area contributed by atoms with Crippen LogP contribution in [0.2, 0.25) is 0 Å². The van der Waals surface area contributed by atoms with E-state index in [0.717, 1.165) is 37.3 Å². The number of carbonyl (C=O) groups excluding carboxylic acids is 1. The lowest BCUT2D eigenvalue weighted by Gasteiger charge is -2.30. The van der Waals surface area contributed by atoms with E-state index in [4.69, 9.17) is 0 Å². The fourth-order valence-corrected chi connectivity index (χ4v) is 2.47. The van der Waals surface area contributed by atoms with Crippen molar-refractivity contribution < 1.29 is 9.18 Å². The Kier molecular flexibility index (Phi) is 4.53. The molecule has 0 aromatic heterocycles. The summed E-state index contributed by atoms with van der Waals surface area (Å²) < 4.78 is 13.2. The molecule has 1 aromatic rings. The molecule has 1 aromatic carbocycles. The Hall–Kier alpha value is -1.42. The van der Waals surface area contributed by atoms with Gasteiger partial charge in [-0.2, -0.15) is 0 Å². The van der Waals surface area contributed by atoms with Crippen molar-refractivity contribution in [2.75, 3.05) is 26.2 Å². The Labute approximate surface area is 113 Å². The molecule has 1 atom stereocenters. The molecule has 3 nitrogen and oxygen atoms in total. The first kappa shape index (κ1) is 14.0. The van der Waals surface area contributed by atoms with Gasteiger partial charge in [0.2, 0.25) is 5.91 Å². The third-order valence-corrected chi connectivity index (χ3v) is 3.69. The predicted molar refractivity (Wildman–Crippen MR) is 73.5 cm³/mol. The van der Waals surface area contributed by atoms with E-state index in [1.165, 1.54) is 12.1 Å². The third-order valence-electron chi connectivity index (χ3n) is 3.69. The van der Waals surface area contributed by atoms with E-state index in [1.807, 2.05) is 18.7 Å². The van der Waals surface area contributed by atoms with Gasteiger partial charge in [-0.3, -0.25) is 4.79 Å². The molecule has 0 saturated carbocycles.